The van der Waals surface area contributed by atoms with E-state index in [1.54, 1.807) is 4.90 Å². The number of carbonyl (C=O) groups is 2. The molecule has 0 bridgehead atoms. The first-order chi connectivity index (χ1) is 14.0. The number of piperazine rings is 1. The van der Waals surface area contributed by atoms with Gasteiger partial charge in [-0.1, -0.05) is 37.6 Å². The van der Waals surface area contributed by atoms with Gasteiger partial charge in [0.1, 0.15) is 5.60 Å². The summed E-state index contributed by atoms with van der Waals surface area (Å²) in [5, 5.41) is 0.695. The lowest BCUT2D eigenvalue weighted by Crippen LogP contribution is -2.52. The van der Waals surface area contributed by atoms with Crippen LogP contribution in [-0.2, 0) is 9.53 Å². The fourth-order valence-corrected chi connectivity index (χ4v) is 4.19. The molecule has 6 heteroatoms. The number of ether oxygens (including phenoxy) is 1. The number of benzene rings is 1. The molecule has 0 aromatic heterocycles. The normalized spacial score (nSPS) is 19.7. The summed E-state index contributed by atoms with van der Waals surface area (Å²) in [5.41, 5.74) is 2.75. The van der Waals surface area contributed by atoms with Crippen LogP contribution in [0.15, 0.2) is 29.8 Å². The Hall–Kier alpha value is -2.01. The summed E-state index contributed by atoms with van der Waals surface area (Å²) >= 11 is 6.07. The molecule has 164 valence electrons. The number of hydrogen-bond acceptors (Lipinski definition) is 3. The Labute approximate surface area is 185 Å². The second-order valence-electron chi connectivity index (χ2n) is 10.1. The molecule has 3 rings (SSSR count). The van der Waals surface area contributed by atoms with Crippen molar-refractivity contribution in [3.05, 3.63) is 40.4 Å². The zero-order valence-electron chi connectivity index (χ0n) is 18.8. The zero-order valence-corrected chi connectivity index (χ0v) is 19.5. The maximum Gasteiger partial charge on any atom is 0.410 e. The highest BCUT2D eigenvalue weighted by Crippen LogP contribution is 2.43. The van der Waals surface area contributed by atoms with Gasteiger partial charge in [-0.15, -0.1) is 0 Å². The maximum atomic E-state index is 13.4. The van der Waals surface area contributed by atoms with E-state index in [1.807, 2.05) is 49.9 Å². The Bertz CT molecular complexity index is 829. The molecule has 1 heterocycles. The van der Waals surface area contributed by atoms with Crippen LogP contribution in [0.25, 0.3) is 5.57 Å². The molecule has 0 radical (unpaired) electrons. The number of halogens is 1. The Morgan fingerprint density at radius 3 is 2.13 bits per heavy atom. The van der Waals surface area contributed by atoms with E-state index in [9.17, 15) is 9.59 Å². The second-order valence-corrected chi connectivity index (χ2v) is 10.5. The van der Waals surface area contributed by atoms with Crippen molar-refractivity contribution in [1.29, 1.82) is 0 Å². The molecule has 1 saturated heterocycles. The number of allylic oxidation sites excluding steroid dienone is 1. The van der Waals surface area contributed by atoms with Crippen molar-refractivity contribution in [2.24, 2.45) is 5.41 Å². The van der Waals surface area contributed by atoms with Crippen LogP contribution in [0.5, 0.6) is 0 Å². The van der Waals surface area contributed by atoms with Crippen molar-refractivity contribution >= 4 is 29.2 Å². The molecule has 0 N–H and O–H groups in total. The number of rotatable bonds is 2. The molecule has 0 saturated carbocycles. The third-order valence-corrected chi connectivity index (χ3v) is 5.99. The van der Waals surface area contributed by atoms with Gasteiger partial charge in [-0.05, 0) is 68.7 Å². The van der Waals surface area contributed by atoms with Crippen molar-refractivity contribution in [1.82, 2.24) is 9.80 Å². The lowest BCUT2D eigenvalue weighted by atomic mass is 9.72. The Morgan fingerprint density at radius 1 is 1.00 bits per heavy atom. The standard InChI is InChI=1S/C24H33ClN2O3/c1-23(2,3)30-22(29)27-14-12-26(13-15-27)21(28)19-10-11-24(4,5)16-20(19)17-6-8-18(25)9-7-17/h6-9H,10-16H2,1-5H3. The van der Waals surface area contributed by atoms with Crippen LogP contribution in [0.2, 0.25) is 5.02 Å². The van der Waals surface area contributed by atoms with E-state index in [-0.39, 0.29) is 17.4 Å². The van der Waals surface area contributed by atoms with E-state index in [2.05, 4.69) is 13.8 Å². The summed E-state index contributed by atoms with van der Waals surface area (Å²) in [4.78, 5) is 29.3. The number of amides is 2. The van der Waals surface area contributed by atoms with E-state index in [0.29, 0.717) is 31.2 Å². The molecule has 30 heavy (non-hydrogen) atoms. The van der Waals surface area contributed by atoms with Crippen molar-refractivity contribution in [2.45, 2.75) is 59.5 Å². The van der Waals surface area contributed by atoms with Crippen LogP contribution < -0.4 is 0 Å². The van der Waals surface area contributed by atoms with Gasteiger partial charge in [-0.3, -0.25) is 4.79 Å². The van der Waals surface area contributed by atoms with Gasteiger partial charge in [0.25, 0.3) is 0 Å². The number of hydrogen-bond donors (Lipinski definition) is 0. The summed E-state index contributed by atoms with van der Waals surface area (Å²) in [5.74, 6) is 0.0966. The molecule has 1 aromatic carbocycles. The van der Waals surface area contributed by atoms with Gasteiger partial charge in [0, 0.05) is 36.8 Å². The average molecular weight is 433 g/mol. The van der Waals surface area contributed by atoms with E-state index in [4.69, 9.17) is 16.3 Å². The Morgan fingerprint density at radius 2 is 1.57 bits per heavy atom. The largest absolute Gasteiger partial charge is 0.444 e. The minimum Gasteiger partial charge on any atom is -0.444 e. The van der Waals surface area contributed by atoms with Crippen LogP contribution >= 0.6 is 11.6 Å². The summed E-state index contributed by atoms with van der Waals surface area (Å²) in [6.45, 7) is 12.1. The molecular formula is C24H33ClN2O3. The van der Waals surface area contributed by atoms with E-state index < -0.39 is 5.60 Å². The third kappa shape index (κ3) is 5.57. The smallest absolute Gasteiger partial charge is 0.410 e. The highest BCUT2D eigenvalue weighted by atomic mass is 35.5. The fraction of sp³-hybridized carbons (Fsp3) is 0.583. The monoisotopic (exact) mass is 432 g/mol. The van der Waals surface area contributed by atoms with Gasteiger partial charge in [0.2, 0.25) is 5.91 Å². The third-order valence-electron chi connectivity index (χ3n) is 5.74. The molecule has 0 unspecified atom stereocenters. The van der Waals surface area contributed by atoms with Crippen LogP contribution in [0, 0.1) is 5.41 Å². The van der Waals surface area contributed by atoms with E-state index >= 15 is 0 Å². The lowest BCUT2D eigenvalue weighted by molar-refractivity contribution is -0.129. The SMILES string of the molecule is CC1(C)CCC(C(=O)N2CCN(C(=O)OC(C)(C)C)CC2)=C(c2ccc(Cl)cc2)C1. The van der Waals surface area contributed by atoms with Crippen molar-refractivity contribution < 1.29 is 14.3 Å². The predicted molar refractivity (Wildman–Crippen MR) is 120 cm³/mol. The zero-order chi connectivity index (χ0) is 22.1. The first kappa shape index (κ1) is 22.7. The molecule has 1 aromatic rings. The van der Waals surface area contributed by atoms with Crippen molar-refractivity contribution in [3.63, 3.8) is 0 Å². The average Bonchev–Trinajstić information content (AvgIpc) is 2.66. The minimum atomic E-state index is -0.517. The molecular weight excluding hydrogens is 400 g/mol. The lowest BCUT2D eigenvalue weighted by Gasteiger charge is -2.38. The summed E-state index contributed by atoms with van der Waals surface area (Å²) < 4.78 is 5.46. The Balaban J connectivity index is 1.76. The predicted octanol–water partition coefficient (Wildman–Crippen LogP) is 5.38. The van der Waals surface area contributed by atoms with E-state index in [1.165, 1.54) is 0 Å². The molecule has 0 spiro atoms. The first-order valence-electron chi connectivity index (χ1n) is 10.7. The molecule has 1 aliphatic heterocycles. The van der Waals surface area contributed by atoms with Gasteiger partial charge in [-0.2, -0.15) is 0 Å². The van der Waals surface area contributed by atoms with Gasteiger partial charge >= 0.3 is 6.09 Å². The Kier molecular flexibility index (Phi) is 6.51. The first-order valence-corrected chi connectivity index (χ1v) is 11.1. The molecule has 5 nitrogen and oxygen atoms in total. The number of carbonyl (C=O) groups excluding carboxylic acids is 2. The van der Waals surface area contributed by atoms with Gasteiger partial charge in [-0.25, -0.2) is 4.79 Å². The summed E-state index contributed by atoms with van der Waals surface area (Å²) in [6.07, 6.45) is 2.32. The maximum absolute atomic E-state index is 13.4. The summed E-state index contributed by atoms with van der Waals surface area (Å²) in [7, 11) is 0. The molecule has 1 fully saturated rings. The number of nitrogens with zero attached hydrogens (tertiary/aromatic N) is 2. The highest BCUT2D eigenvalue weighted by molar-refractivity contribution is 6.30. The second kappa shape index (κ2) is 8.62. The van der Waals surface area contributed by atoms with Gasteiger partial charge in [0.15, 0.2) is 0 Å². The fourth-order valence-electron chi connectivity index (χ4n) is 4.06. The molecule has 1 aliphatic carbocycles. The van der Waals surface area contributed by atoms with Gasteiger partial charge in [0.05, 0.1) is 0 Å². The van der Waals surface area contributed by atoms with Crippen LogP contribution in [0.3, 0.4) is 0 Å². The quantitative estimate of drug-likeness (QED) is 0.630. The van der Waals surface area contributed by atoms with Crippen molar-refractivity contribution in [3.8, 4) is 0 Å². The topological polar surface area (TPSA) is 49.9 Å². The van der Waals surface area contributed by atoms with Crippen molar-refractivity contribution in [2.75, 3.05) is 26.2 Å². The minimum absolute atomic E-state index is 0.0966. The van der Waals surface area contributed by atoms with Crippen LogP contribution in [0.1, 0.15) is 59.4 Å². The summed E-state index contributed by atoms with van der Waals surface area (Å²) in [6, 6.07) is 7.78. The van der Waals surface area contributed by atoms with Crippen LogP contribution in [-0.4, -0.2) is 53.6 Å². The molecule has 0 atom stereocenters. The molecule has 2 amide bonds. The van der Waals surface area contributed by atoms with Crippen LogP contribution in [0.4, 0.5) is 4.79 Å². The highest BCUT2D eigenvalue weighted by Gasteiger charge is 2.34. The van der Waals surface area contributed by atoms with Gasteiger partial charge < -0.3 is 14.5 Å². The van der Waals surface area contributed by atoms with E-state index in [0.717, 1.165) is 36.0 Å². The molecule has 2 aliphatic rings.